The Balaban J connectivity index is 0.00000272. The molecule has 6 nitrogen and oxygen atoms in total. The number of guanidine groups is 1. The maximum Gasteiger partial charge on any atom is 0.214 e. The number of aliphatic imine (C=N–C) groups is 1. The second kappa shape index (κ2) is 10.5. The Kier molecular flexibility index (Phi) is 7.73. The van der Waals surface area contributed by atoms with E-state index in [1.807, 2.05) is 12.1 Å². The van der Waals surface area contributed by atoms with Crippen LogP contribution in [0, 0.1) is 13.8 Å². The van der Waals surface area contributed by atoms with Crippen LogP contribution in [-0.4, -0.2) is 29.5 Å². The number of hydrogen-bond acceptors (Lipinski definition) is 3. The van der Waals surface area contributed by atoms with Crippen molar-refractivity contribution in [3.05, 3.63) is 77.4 Å². The van der Waals surface area contributed by atoms with Gasteiger partial charge in [0.2, 0.25) is 5.89 Å². The number of benzene rings is 2. The van der Waals surface area contributed by atoms with Gasteiger partial charge in [-0.2, -0.15) is 0 Å². The minimum absolute atomic E-state index is 0. The molecular formula is C24H28IN5O. The van der Waals surface area contributed by atoms with Crippen LogP contribution >= 0.6 is 24.0 Å². The van der Waals surface area contributed by atoms with Gasteiger partial charge in [-0.1, -0.05) is 42.0 Å². The van der Waals surface area contributed by atoms with Crippen LogP contribution < -0.4 is 10.6 Å². The summed E-state index contributed by atoms with van der Waals surface area (Å²) >= 11 is 0. The zero-order chi connectivity index (χ0) is 20.9. The van der Waals surface area contributed by atoms with Gasteiger partial charge in [-0.3, -0.25) is 4.99 Å². The Morgan fingerprint density at radius 1 is 1.10 bits per heavy atom. The fraction of sp³-hybridized carbons (Fsp3) is 0.250. The summed E-state index contributed by atoms with van der Waals surface area (Å²) in [7, 11) is 1.76. The summed E-state index contributed by atoms with van der Waals surface area (Å²) in [5, 5.41) is 7.94. The summed E-state index contributed by atoms with van der Waals surface area (Å²) in [4.78, 5) is 12.0. The Morgan fingerprint density at radius 3 is 2.68 bits per heavy atom. The zero-order valence-corrected chi connectivity index (χ0v) is 20.4. The first-order chi connectivity index (χ1) is 14.6. The number of nitrogens with zero attached hydrogens (tertiary/aromatic N) is 2. The molecule has 7 heteroatoms. The quantitative estimate of drug-likeness (QED) is 0.187. The molecule has 0 aliphatic heterocycles. The highest BCUT2D eigenvalue weighted by Crippen LogP contribution is 2.22. The number of nitrogens with one attached hydrogen (secondary N) is 3. The average Bonchev–Trinajstić information content (AvgIpc) is 3.39. The predicted octanol–water partition coefficient (Wildman–Crippen LogP) is 4.97. The molecule has 4 aromatic rings. The van der Waals surface area contributed by atoms with E-state index in [9.17, 15) is 0 Å². The van der Waals surface area contributed by atoms with Gasteiger partial charge in [0, 0.05) is 36.3 Å². The first-order valence-corrected chi connectivity index (χ1v) is 10.2. The monoisotopic (exact) mass is 529 g/mol. The van der Waals surface area contributed by atoms with Crippen LogP contribution in [0.4, 0.5) is 0 Å². The Morgan fingerprint density at radius 2 is 1.90 bits per heavy atom. The van der Waals surface area contributed by atoms with Crippen molar-refractivity contribution in [2.75, 3.05) is 13.6 Å². The Hall–Kier alpha value is -2.81. The Labute approximate surface area is 199 Å². The number of H-pyrrole nitrogens is 1. The van der Waals surface area contributed by atoms with Gasteiger partial charge in [-0.25, -0.2) is 4.98 Å². The third-order valence-electron chi connectivity index (χ3n) is 5.20. The number of oxazole rings is 1. The van der Waals surface area contributed by atoms with Gasteiger partial charge >= 0.3 is 0 Å². The molecule has 0 saturated carbocycles. The minimum atomic E-state index is 0. The van der Waals surface area contributed by atoms with E-state index in [1.54, 1.807) is 13.2 Å². The van der Waals surface area contributed by atoms with Crippen molar-refractivity contribution in [1.29, 1.82) is 0 Å². The van der Waals surface area contributed by atoms with E-state index in [0.717, 1.165) is 30.2 Å². The molecular weight excluding hydrogens is 501 g/mol. The second-order valence-corrected chi connectivity index (χ2v) is 7.40. The number of aryl methyl sites for hydroxylation is 2. The van der Waals surface area contributed by atoms with E-state index in [2.05, 4.69) is 76.0 Å². The van der Waals surface area contributed by atoms with Gasteiger partial charge < -0.3 is 20.0 Å². The summed E-state index contributed by atoms with van der Waals surface area (Å²) in [5.41, 5.74) is 6.02. The lowest BCUT2D eigenvalue weighted by Gasteiger charge is -2.10. The Bertz CT molecular complexity index is 1160. The molecule has 3 N–H and O–H groups in total. The lowest BCUT2D eigenvalue weighted by molar-refractivity contribution is 0.497. The van der Waals surface area contributed by atoms with E-state index in [4.69, 9.17) is 4.42 Å². The SMILES string of the molecule is CN=C(NCCc1c[nH]c2cccc(C)c12)NCc1ncc(-c2ccc(C)cc2)o1.I. The van der Waals surface area contributed by atoms with Crippen LogP contribution in [0.1, 0.15) is 22.6 Å². The molecule has 31 heavy (non-hydrogen) atoms. The van der Waals surface area contributed by atoms with E-state index in [0.29, 0.717) is 12.4 Å². The molecule has 0 aliphatic carbocycles. The predicted molar refractivity (Wildman–Crippen MR) is 137 cm³/mol. The molecule has 0 fully saturated rings. The third kappa shape index (κ3) is 5.46. The highest BCUT2D eigenvalue weighted by molar-refractivity contribution is 14.0. The minimum Gasteiger partial charge on any atom is -0.439 e. The molecule has 162 valence electrons. The van der Waals surface area contributed by atoms with Crippen LogP contribution in [0.25, 0.3) is 22.2 Å². The number of rotatable bonds is 6. The van der Waals surface area contributed by atoms with Gasteiger partial charge in [0.1, 0.15) is 0 Å². The van der Waals surface area contributed by atoms with E-state index in [-0.39, 0.29) is 24.0 Å². The molecule has 4 rings (SSSR count). The van der Waals surface area contributed by atoms with Crippen molar-refractivity contribution in [2.45, 2.75) is 26.8 Å². The summed E-state index contributed by atoms with van der Waals surface area (Å²) < 4.78 is 5.87. The average molecular weight is 529 g/mol. The van der Waals surface area contributed by atoms with Crippen LogP contribution in [0.15, 0.2) is 64.3 Å². The molecule has 2 aromatic heterocycles. The van der Waals surface area contributed by atoms with Crippen LogP contribution in [0.3, 0.4) is 0 Å². The molecule has 0 bridgehead atoms. The summed E-state index contributed by atoms with van der Waals surface area (Å²) in [5.74, 6) is 2.12. The van der Waals surface area contributed by atoms with Crippen molar-refractivity contribution in [1.82, 2.24) is 20.6 Å². The fourth-order valence-corrected chi connectivity index (χ4v) is 3.59. The third-order valence-corrected chi connectivity index (χ3v) is 5.20. The zero-order valence-electron chi connectivity index (χ0n) is 18.0. The number of halogens is 1. The van der Waals surface area contributed by atoms with Gasteiger partial charge in [-0.15, -0.1) is 24.0 Å². The lowest BCUT2D eigenvalue weighted by atomic mass is 10.1. The summed E-state index contributed by atoms with van der Waals surface area (Å²) in [6.07, 6.45) is 4.76. The first kappa shape index (κ1) is 22.9. The fourth-order valence-electron chi connectivity index (χ4n) is 3.59. The van der Waals surface area contributed by atoms with Crippen LogP contribution in [-0.2, 0) is 13.0 Å². The van der Waals surface area contributed by atoms with Gasteiger partial charge in [0.25, 0.3) is 0 Å². The van der Waals surface area contributed by atoms with Gasteiger partial charge in [0.05, 0.1) is 12.7 Å². The van der Waals surface area contributed by atoms with E-state index in [1.165, 1.54) is 27.6 Å². The summed E-state index contributed by atoms with van der Waals surface area (Å²) in [6.45, 7) is 5.46. The van der Waals surface area contributed by atoms with Crippen molar-refractivity contribution in [3.63, 3.8) is 0 Å². The van der Waals surface area contributed by atoms with Crippen molar-refractivity contribution >= 4 is 40.8 Å². The van der Waals surface area contributed by atoms with Crippen LogP contribution in [0.5, 0.6) is 0 Å². The highest BCUT2D eigenvalue weighted by atomic mass is 127. The maximum atomic E-state index is 5.87. The van der Waals surface area contributed by atoms with Crippen molar-refractivity contribution < 1.29 is 4.42 Å². The molecule has 0 unspecified atom stereocenters. The van der Waals surface area contributed by atoms with Crippen molar-refractivity contribution in [2.24, 2.45) is 4.99 Å². The highest BCUT2D eigenvalue weighted by Gasteiger charge is 2.09. The number of hydrogen-bond donors (Lipinski definition) is 3. The summed E-state index contributed by atoms with van der Waals surface area (Å²) in [6, 6.07) is 14.6. The molecule has 0 amide bonds. The number of aromatic nitrogens is 2. The first-order valence-electron chi connectivity index (χ1n) is 10.2. The smallest absolute Gasteiger partial charge is 0.214 e. The van der Waals surface area contributed by atoms with E-state index >= 15 is 0 Å². The lowest BCUT2D eigenvalue weighted by Crippen LogP contribution is -2.37. The topological polar surface area (TPSA) is 78.2 Å². The molecule has 2 heterocycles. The molecule has 2 aromatic carbocycles. The molecule has 0 spiro atoms. The molecule has 0 atom stereocenters. The van der Waals surface area contributed by atoms with Gasteiger partial charge in [0.15, 0.2) is 11.7 Å². The van der Waals surface area contributed by atoms with E-state index < -0.39 is 0 Å². The van der Waals surface area contributed by atoms with Gasteiger partial charge in [-0.05, 0) is 37.5 Å². The molecule has 0 aliphatic rings. The number of aromatic amines is 1. The second-order valence-electron chi connectivity index (χ2n) is 7.40. The number of fused-ring (bicyclic) bond motifs is 1. The standard InChI is InChI=1S/C24H27N5O.HI/c1-16-7-9-18(10-8-16)21-14-28-22(30-21)15-29-24(25-3)26-12-11-19-13-27-20-6-4-5-17(2)23(19)20;/h4-10,13-14,27H,11-12,15H2,1-3H3,(H2,25,26,29);1H. The maximum absolute atomic E-state index is 5.87. The van der Waals surface area contributed by atoms with Crippen LogP contribution in [0.2, 0.25) is 0 Å². The molecule has 0 saturated heterocycles. The largest absolute Gasteiger partial charge is 0.439 e. The molecule has 0 radical (unpaired) electrons. The normalized spacial score (nSPS) is 11.4. The van der Waals surface area contributed by atoms with Crippen molar-refractivity contribution in [3.8, 4) is 11.3 Å².